The number of rotatable bonds is 7. The molecule has 0 atom stereocenters. The largest absolute Gasteiger partial charge is 0.496 e. The third kappa shape index (κ3) is 4.71. The van der Waals surface area contributed by atoms with E-state index in [1.54, 1.807) is 31.5 Å². The molecule has 3 rings (SSSR count). The van der Waals surface area contributed by atoms with Gasteiger partial charge in [0, 0.05) is 18.4 Å². The minimum absolute atomic E-state index is 0.0467. The van der Waals surface area contributed by atoms with E-state index in [2.05, 4.69) is 14.7 Å². The molecule has 9 heteroatoms. The van der Waals surface area contributed by atoms with E-state index in [-0.39, 0.29) is 17.0 Å². The zero-order valence-electron chi connectivity index (χ0n) is 16.2. The van der Waals surface area contributed by atoms with Crippen LogP contribution in [0.1, 0.15) is 31.2 Å². The van der Waals surface area contributed by atoms with Crippen molar-refractivity contribution >= 4 is 10.0 Å². The van der Waals surface area contributed by atoms with E-state index >= 15 is 0 Å². The van der Waals surface area contributed by atoms with Crippen molar-refractivity contribution in [2.45, 2.75) is 49.6 Å². The lowest BCUT2D eigenvalue weighted by molar-refractivity contribution is 0.132. The van der Waals surface area contributed by atoms with Gasteiger partial charge in [0.15, 0.2) is 0 Å². The van der Waals surface area contributed by atoms with Crippen LogP contribution >= 0.6 is 0 Å². The monoisotopic (exact) mass is 407 g/mol. The SMILES string of the molecule is COc1ccc(S(=O)(=O)NC2CCC(Oc3nccnc3OC)CC2)cc1C. The van der Waals surface area contributed by atoms with Gasteiger partial charge in [-0.15, -0.1) is 0 Å². The molecule has 1 fully saturated rings. The van der Waals surface area contributed by atoms with Crippen molar-refractivity contribution in [3.63, 3.8) is 0 Å². The Morgan fingerprint density at radius 3 is 2.29 bits per heavy atom. The van der Waals surface area contributed by atoms with E-state index in [1.165, 1.54) is 13.3 Å². The number of nitrogens with zero attached hydrogens (tertiary/aromatic N) is 2. The average Bonchev–Trinajstić information content (AvgIpc) is 2.69. The molecule has 1 aliphatic carbocycles. The predicted octanol–water partition coefficient (Wildman–Crippen LogP) is 2.47. The van der Waals surface area contributed by atoms with Crippen molar-refractivity contribution in [1.82, 2.24) is 14.7 Å². The third-order valence-corrected chi connectivity index (χ3v) is 6.30. The van der Waals surface area contributed by atoms with Gasteiger partial charge in [0.1, 0.15) is 11.9 Å². The van der Waals surface area contributed by atoms with Crippen LogP contribution in [-0.4, -0.2) is 44.8 Å². The van der Waals surface area contributed by atoms with Crippen molar-refractivity contribution in [1.29, 1.82) is 0 Å². The molecule has 0 radical (unpaired) electrons. The molecular formula is C19H25N3O5S. The number of hydrogen-bond acceptors (Lipinski definition) is 7. The Morgan fingerprint density at radius 2 is 1.68 bits per heavy atom. The fourth-order valence-electron chi connectivity index (χ4n) is 3.30. The molecule has 1 heterocycles. The van der Waals surface area contributed by atoms with Crippen LogP contribution in [0.3, 0.4) is 0 Å². The molecule has 0 amide bonds. The molecule has 2 aromatic rings. The Bertz CT molecular complexity index is 912. The number of benzene rings is 1. The molecule has 1 aromatic heterocycles. The van der Waals surface area contributed by atoms with Gasteiger partial charge in [0.05, 0.1) is 19.1 Å². The van der Waals surface area contributed by atoms with Gasteiger partial charge in [-0.05, 0) is 56.4 Å². The van der Waals surface area contributed by atoms with Gasteiger partial charge < -0.3 is 14.2 Å². The molecule has 8 nitrogen and oxygen atoms in total. The minimum Gasteiger partial charge on any atom is -0.496 e. The highest BCUT2D eigenvalue weighted by Crippen LogP contribution is 2.28. The number of aromatic nitrogens is 2. The normalized spacial score (nSPS) is 19.8. The van der Waals surface area contributed by atoms with Crippen LogP contribution in [0.15, 0.2) is 35.5 Å². The smallest absolute Gasteiger partial charge is 0.278 e. The van der Waals surface area contributed by atoms with Crippen LogP contribution in [0.5, 0.6) is 17.5 Å². The van der Waals surface area contributed by atoms with Crippen LogP contribution in [0.4, 0.5) is 0 Å². The second-order valence-corrected chi connectivity index (χ2v) is 8.43. The highest BCUT2D eigenvalue weighted by Gasteiger charge is 2.27. The zero-order valence-corrected chi connectivity index (χ0v) is 17.0. The maximum Gasteiger partial charge on any atom is 0.278 e. The van der Waals surface area contributed by atoms with E-state index in [0.717, 1.165) is 5.56 Å². The first kappa shape index (κ1) is 20.3. The number of ether oxygens (including phenoxy) is 3. The minimum atomic E-state index is -3.58. The van der Waals surface area contributed by atoms with Crippen LogP contribution in [0.2, 0.25) is 0 Å². The zero-order chi connectivity index (χ0) is 20.1. The van der Waals surface area contributed by atoms with Gasteiger partial charge in [0.25, 0.3) is 11.8 Å². The van der Waals surface area contributed by atoms with Gasteiger partial charge in [-0.3, -0.25) is 0 Å². The highest BCUT2D eigenvalue weighted by atomic mass is 32.2. The van der Waals surface area contributed by atoms with Crippen LogP contribution < -0.4 is 18.9 Å². The van der Waals surface area contributed by atoms with Crippen LogP contribution in [-0.2, 0) is 10.0 Å². The molecule has 28 heavy (non-hydrogen) atoms. The van der Waals surface area contributed by atoms with Gasteiger partial charge in [-0.25, -0.2) is 23.1 Å². The van der Waals surface area contributed by atoms with E-state index in [4.69, 9.17) is 14.2 Å². The Morgan fingerprint density at radius 1 is 1.00 bits per heavy atom. The van der Waals surface area contributed by atoms with E-state index in [9.17, 15) is 8.42 Å². The lowest BCUT2D eigenvalue weighted by atomic mass is 9.94. The first-order valence-corrected chi connectivity index (χ1v) is 10.6. The molecular weight excluding hydrogens is 382 g/mol. The Labute approximate surface area is 165 Å². The summed E-state index contributed by atoms with van der Waals surface area (Å²) in [7, 11) is -0.504. The first-order valence-electron chi connectivity index (χ1n) is 9.11. The molecule has 0 aliphatic heterocycles. The average molecular weight is 407 g/mol. The molecule has 1 N–H and O–H groups in total. The molecule has 0 spiro atoms. The second kappa shape index (κ2) is 8.74. The summed E-state index contributed by atoms with van der Waals surface area (Å²) in [6.07, 6.45) is 5.84. The molecule has 0 saturated heterocycles. The van der Waals surface area contributed by atoms with Crippen molar-refractivity contribution < 1.29 is 22.6 Å². The summed E-state index contributed by atoms with van der Waals surface area (Å²) >= 11 is 0. The first-order chi connectivity index (χ1) is 13.4. The van der Waals surface area contributed by atoms with Crippen molar-refractivity contribution in [3.05, 3.63) is 36.2 Å². The molecule has 0 bridgehead atoms. The summed E-state index contributed by atoms with van der Waals surface area (Å²) in [6, 6.07) is 4.72. The molecule has 1 aliphatic rings. The molecule has 0 unspecified atom stereocenters. The fourth-order valence-corrected chi connectivity index (χ4v) is 4.69. The van der Waals surface area contributed by atoms with E-state index < -0.39 is 10.0 Å². The van der Waals surface area contributed by atoms with Crippen molar-refractivity contribution in [2.75, 3.05) is 14.2 Å². The Kier molecular flexibility index (Phi) is 6.35. The molecule has 152 valence electrons. The maximum atomic E-state index is 12.7. The lowest BCUT2D eigenvalue weighted by Gasteiger charge is -2.29. The Hall–Kier alpha value is -2.39. The van der Waals surface area contributed by atoms with Gasteiger partial charge >= 0.3 is 0 Å². The van der Waals surface area contributed by atoms with E-state index in [1.807, 2.05) is 6.92 Å². The number of sulfonamides is 1. The van der Waals surface area contributed by atoms with Crippen molar-refractivity contribution in [2.24, 2.45) is 0 Å². The molecule has 1 aromatic carbocycles. The predicted molar refractivity (Wildman–Crippen MR) is 103 cm³/mol. The van der Waals surface area contributed by atoms with Crippen LogP contribution in [0.25, 0.3) is 0 Å². The fraction of sp³-hybridized carbons (Fsp3) is 0.474. The van der Waals surface area contributed by atoms with Gasteiger partial charge in [-0.1, -0.05) is 0 Å². The van der Waals surface area contributed by atoms with E-state index in [0.29, 0.717) is 43.2 Å². The summed E-state index contributed by atoms with van der Waals surface area (Å²) in [5.74, 6) is 1.37. The molecule has 1 saturated carbocycles. The Balaban J connectivity index is 1.58. The van der Waals surface area contributed by atoms with Crippen LogP contribution in [0, 0.1) is 6.92 Å². The summed E-state index contributed by atoms with van der Waals surface area (Å²) in [6.45, 7) is 1.82. The number of methoxy groups -OCH3 is 2. The standard InChI is InChI=1S/C19H25N3O5S/c1-13-12-16(8-9-17(13)25-2)28(23,24)22-14-4-6-15(7-5-14)27-19-18(26-3)20-10-11-21-19/h8-12,14-15,22H,4-7H2,1-3H3. The lowest BCUT2D eigenvalue weighted by Crippen LogP contribution is -2.39. The maximum absolute atomic E-state index is 12.7. The second-order valence-electron chi connectivity index (χ2n) is 6.71. The number of hydrogen-bond donors (Lipinski definition) is 1. The van der Waals surface area contributed by atoms with Gasteiger partial charge in [0.2, 0.25) is 10.0 Å². The van der Waals surface area contributed by atoms with Crippen molar-refractivity contribution in [3.8, 4) is 17.5 Å². The number of aryl methyl sites for hydroxylation is 1. The summed E-state index contributed by atoms with van der Waals surface area (Å²) < 4.78 is 44.4. The summed E-state index contributed by atoms with van der Waals surface area (Å²) in [5.41, 5.74) is 0.778. The summed E-state index contributed by atoms with van der Waals surface area (Å²) in [5, 5.41) is 0. The summed E-state index contributed by atoms with van der Waals surface area (Å²) in [4.78, 5) is 8.47. The number of nitrogens with one attached hydrogen (secondary N) is 1. The highest BCUT2D eigenvalue weighted by molar-refractivity contribution is 7.89. The quantitative estimate of drug-likeness (QED) is 0.752. The third-order valence-electron chi connectivity index (χ3n) is 4.78. The topological polar surface area (TPSA) is 99.6 Å². The van der Waals surface area contributed by atoms with Gasteiger partial charge in [-0.2, -0.15) is 0 Å².